The molecule has 2 aromatic carbocycles. The Labute approximate surface area is 159 Å². The summed E-state index contributed by atoms with van der Waals surface area (Å²) < 4.78 is 10.2. The van der Waals surface area contributed by atoms with E-state index < -0.39 is 22.3 Å². The van der Waals surface area contributed by atoms with Crippen LogP contribution in [0.3, 0.4) is 0 Å². The number of amides is 1. The average molecular weight is 394 g/mol. The number of nitrogens with one attached hydrogen (secondary N) is 1. The number of rotatable bonds is 7. The number of methoxy groups -OCH3 is 1. The Bertz CT molecular complexity index is 900. The van der Waals surface area contributed by atoms with Gasteiger partial charge in [0.2, 0.25) is 5.75 Å². The van der Waals surface area contributed by atoms with Gasteiger partial charge in [0.1, 0.15) is 5.75 Å². The summed E-state index contributed by atoms with van der Waals surface area (Å²) in [5.74, 6) is -0.720. The minimum atomic E-state index is -0.754. The zero-order valence-corrected chi connectivity index (χ0v) is 15.2. The van der Waals surface area contributed by atoms with E-state index in [-0.39, 0.29) is 17.9 Å². The monoisotopic (exact) mass is 393 g/mol. The second-order valence-corrected chi connectivity index (χ2v) is 5.75. The third kappa shape index (κ3) is 5.32. The van der Waals surface area contributed by atoms with Crippen LogP contribution in [0.5, 0.6) is 17.2 Å². The normalized spacial score (nSPS) is 10.6. The molecule has 2 aromatic rings. The Balaban J connectivity index is 1.98. The van der Waals surface area contributed by atoms with Gasteiger partial charge in [0, 0.05) is 16.7 Å². The predicted octanol–water partition coefficient (Wildman–Crippen LogP) is 2.80. The number of carbonyl (C=O) groups excluding carboxylic acids is 1. The number of halogens is 1. The van der Waals surface area contributed by atoms with Gasteiger partial charge in [-0.15, -0.1) is 0 Å². The van der Waals surface area contributed by atoms with Gasteiger partial charge >= 0.3 is 5.69 Å². The van der Waals surface area contributed by atoms with E-state index in [9.17, 15) is 20.0 Å². The topological polar surface area (TPSA) is 123 Å². The van der Waals surface area contributed by atoms with Crippen LogP contribution >= 0.6 is 11.6 Å². The fraction of sp³-hybridized carbons (Fsp3) is 0.176. The fourth-order valence-electron chi connectivity index (χ4n) is 2.05. The first kappa shape index (κ1) is 20.0. The molecular weight excluding hydrogens is 378 g/mol. The third-order valence-corrected chi connectivity index (χ3v) is 3.82. The maximum Gasteiger partial charge on any atom is 0.315 e. The van der Waals surface area contributed by atoms with E-state index in [0.717, 1.165) is 11.6 Å². The number of nitro benzene ring substituents is 1. The number of phenolic OH excluding ortho intramolecular Hbond substituents is 1. The zero-order valence-electron chi connectivity index (χ0n) is 14.4. The molecule has 2 rings (SSSR count). The van der Waals surface area contributed by atoms with Gasteiger partial charge in [0.15, 0.2) is 12.4 Å². The van der Waals surface area contributed by atoms with Crippen molar-refractivity contribution in [3.05, 3.63) is 56.6 Å². The van der Waals surface area contributed by atoms with Crippen LogP contribution in [0.2, 0.25) is 5.02 Å². The molecule has 142 valence electrons. The first-order valence-electron chi connectivity index (χ1n) is 7.58. The van der Waals surface area contributed by atoms with E-state index in [1.54, 1.807) is 18.2 Å². The van der Waals surface area contributed by atoms with Gasteiger partial charge < -0.3 is 14.6 Å². The van der Waals surface area contributed by atoms with E-state index >= 15 is 0 Å². The smallest absolute Gasteiger partial charge is 0.315 e. The van der Waals surface area contributed by atoms with E-state index in [0.29, 0.717) is 10.8 Å². The highest BCUT2D eigenvalue weighted by molar-refractivity contribution is 6.31. The molecule has 0 aliphatic carbocycles. The number of ether oxygens (including phenoxy) is 2. The molecule has 9 nitrogen and oxygen atoms in total. The van der Waals surface area contributed by atoms with Crippen molar-refractivity contribution in [1.82, 2.24) is 5.43 Å². The average Bonchev–Trinajstić information content (AvgIpc) is 2.63. The van der Waals surface area contributed by atoms with Gasteiger partial charge in [-0.3, -0.25) is 14.9 Å². The molecule has 0 fully saturated rings. The van der Waals surface area contributed by atoms with Crippen molar-refractivity contribution >= 4 is 29.4 Å². The summed E-state index contributed by atoms with van der Waals surface area (Å²) in [5, 5.41) is 24.9. The van der Waals surface area contributed by atoms with Crippen molar-refractivity contribution in [2.24, 2.45) is 5.10 Å². The number of aromatic hydroxyl groups is 1. The van der Waals surface area contributed by atoms with Gasteiger partial charge in [-0.2, -0.15) is 5.10 Å². The quantitative estimate of drug-likeness (QED) is 0.423. The Morgan fingerprint density at radius 3 is 2.78 bits per heavy atom. The van der Waals surface area contributed by atoms with Crippen LogP contribution < -0.4 is 14.9 Å². The second-order valence-electron chi connectivity index (χ2n) is 5.34. The standard InChI is InChI=1S/C17H16ClN3O6/c1-10-5-12(3-4-13(10)18)27-9-16(22)20-19-8-11-6-14(21(24)25)17(23)15(7-11)26-2/h3-8,23H,9H2,1-2H3,(H,20,22)/b19-8-. The summed E-state index contributed by atoms with van der Waals surface area (Å²) in [6.07, 6.45) is 1.18. The lowest BCUT2D eigenvalue weighted by Gasteiger charge is -2.07. The lowest BCUT2D eigenvalue weighted by Crippen LogP contribution is -2.24. The first-order chi connectivity index (χ1) is 12.8. The minimum Gasteiger partial charge on any atom is -0.500 e. The number of hydrogen-bond acceptors (Lipinski definition) is 7. The summed E-state index contributed by atoms with van der Waals surface area (Å²) in [7, 11) is 1.26. The Hall–Kier alpha value is -3.33. The summed E-state index contributed by atoms with van der Waals surface area (Å²) in [4.78, 5) is 21.9. The summed E-state index contributed by atoms with van der Waals surface area (Å²) in [6.45, 7) is 1.53. The molecule has 0 unspecified atom stereocenters. The van der Waals surface area contributed by atoms with Gasteiger partial charge in [-0.25, -0.2) is 5.43 Å². The van der Waals surface area contributed by atoms with E-state index in [1.807, 2.05) is 6.92 Å². The number of nitro groups is 1. The molecule has 0 atom stereocenters. The lowest BCUT2D eigenvalue weighted by atomic mass is 10.2. The first-order valence-corrected chi connectivity index (χ1v) is 7.96. The number of nitrogens with zero attached hydrogens (tertiary/aromatic N) is 2. The van der Waals surface area contributed by atoms with E-state index in [4.69, 9.17) is 21.1 Å². The number of hydrogen-bond donors (Lipinski definition) is 2. The van der Waals surface area contributed by atoms with Crippen molar-refractivity contribution in [3.8, 4) is 17.2 Å². The molecule has 0 bridgehead atoms. The van der Waals surface area contributed by atoms with Crippen molar-refractivity contribution in [2.75, 3.05) is 13.7 Å². The molecule has 0 aliphatic heterocycles. The largest absolute Gasteiger partial charge is 0.500 e. The van der Waals surface area contributed by atoms with Crippen LogP contribution in [0.1, 0.15) is 11.1 Å². The molecule has 0 aromatic heterocycles. The maximum absolute atomic E-state index is 11.8. The van der Waals surface area contributed by atoms with Crippen molar-refractivity contribution in [1.29, 1.82) is 0 Å². The van der Waals surface area contributed by atoms with Gasteiger partial charge in [-0.1, -0.05) is 11.6 Å². The molecule has 0 spiro atoms. The second kappa shape index (κ2) is 8.86. The molecule has 10 heteroatoms. The van der Waals surface area contributed by atoms with Crippen LogP contribution in [-0.4, -0.2) is 35.9 Å². The number of aryl methyl sites for hydroxylation is 1. The third-order valence-electron chi connectivity index (χ3n) is 3.40. The van der Waals surface area contributed by atoms with Crippen LogP contribution in [0.4, 0.5) is 5.69 Å². The fourth-order valence-corrected chi connectivity index (χ4v) is 2.17. The highest BCUT2D eigenvalue weighted by Gasteiger charge is 2.19. The molecule has 2 N–H and O–H groups in total. The Morgan fingerprint density at radius 2 is 2.15 bits per heavy atom. The van der Waals surface area contributed by atoms with Crippen LogP contribution in [0.25, 0.3) is 0 Å². The maximum atomic E-state index is 11.8. The zero-order chi connectivity index (χ0) is 20.0. The Morgan fingerprint density at radius 1 is 1.41 bits per heavy atom. The molecular formula is C17H16ClN3O6. The minimum absolute atomic E-state index is 0.0848. The van der Waals surface area contributed by atoms with Crippen molar-refractivity contribution in [2.45, 2.75) is 6.92 Å². The SMILES string of the molecule is COc1cc(/C=N\NC(=O)COc2ccc(Cl)c(C)c2)cc([N+](=O)[O-])c1O. The number of phenols is 1. The molecule has 0 aliphatic rings. The highest BCUT2D eigenvalue weighted by atomic mass is 35.5. The predicted molar refractivity (Wildman–Crippen MR) is 98.7 cm³/mol. The molecule has 0 saturated carbocycles. The van der Waals surface area contributed by atoms with Crippen LogP contribution in [0.15, 0.2) is 35.4 Å². The van der Waals surface area contributed by atoms with E-state index in [1.165, 1.54) is 19.4 Å². The van der Waals surface area contributed by atoms with Crippen molar-refractivity contribution < 1.29 is 24.3 Å². The summed E-state index contributed by atoms with van der Waals surface area (Å²) >= 11 is 5.91. The Kier molecular flexibility index (Phi) is 6.56. The van der Waals surface area contributed by atoms with Crippen LogP contribution in [0, 0.1) is 17.0 Å². The van der Waals surface area contributed by atoms with Crippen LogP contribution in [-0.2, 0) is 4.79 Å². The molecule has 0 heterocycles. The van der Waals surface area contributed by atoms with Gasteiger partial charge in [-0.05, 0) is 36.8 Å². The number of hydrazone groups is 1. The van der Waals surface area contributed by atoms with E-state index in [2.05, 4.69) is 10.5 Å². The number of carbonyl (C=O) groups is 1. The summed E-state index contributed by atoms with van der Waals surface area (Å²) in [5.41, 5.74) is 2.77. The van der Waals surface area contributed by atoms with Gasteiger partial charge in [0.25, 0.3) is 5.91 Å². The summed E-state index contributed by atoms with van der Waals surface area (Å²) in [6, 6.07) is 7.42. The molecule has 0 radical (unpaired) electrons. The van der Waals surface area contributed by atoms with Crippen molar-refractivity contribution in [3.63, 3.8) is 0 Å². The number of benzene rings is 2. The van der Waals surface area contributed by atoms with Gasteiger partial charge in [0.05, 0.1) is 18.2 Å². The molecule has 0 saturated heterocycles. The lowest BCUT2D eigenvalue weighted by molar-refractivity contribution is -0.386. The highest BCUT2D eigenvalue weighted by Crippen LogP contribution is 2.36. The molecule has 1 amide bonds. The molecule has 27 heavy (non-hydrogen) atoms.